The first kappa shape index (κ1) is 13.7. The minimum absolute atomic E-state index is 0.0796. The van der Waals surface area contributed by atoms with E-state index in [1.165, 1.54) is 0 Å². The van der Waals surface area contributed by atoms with Crippen molar-refractivity contribution in [3.8, 4) is 11.5 Å². The zero-order valence-electron chi connectivity index (χ0n) is 11.6. The van der Waals surface area contributed by atoms with Gasteiger partial charge in [0.15, 0.2) is 11.5 Å². The van der Waals surface area contributed by atoms with E-state index in [2.05, 4.69) is 0 Å². The van der Waals surface area contributed by atoms with Crippen molar-refractivity contribution in [3.05, 3.63) is 23.3 Å². The molecule has 1 saturated carbocycles. The smallest absolute Gasteiger partial charge is 0.303 e. The summed E-state index contributed by atoms with van der Waals surface area (Å²) < 4.78 is 10.7. The van der Waals surface area contributed by atoms with Gasteiger partial charge < -0.3 is 14.6 Å². The lowest BCUT2D eigenvalue weighted by Gasteiger charge is -2.18. The quantitative estimate of drug-likeness (QED) is 0.858. The molecule has 2 rings (SSSR count). The summed E-state index contributed by atoms with van der Waals surface area (Å²) in [6.45, 7) is 1.95. The number of carboxylic acid groups (broad SMARTS) is 1. The number of ether oxygens (including phenoxy) is 2. The molecule has 0 aliphatic heterocycles. The first-order valence-corrected chi connectivity index (χ1v) is 6.51. The summed E-state index contributed by atoms with van der Waals surface area (Å²) >= 11 is 0. The minimum Gasteiger partial charge on any atom is -0.493 e. The van der Waals surface area contributed by atoms with E-state index in [4.69, 9.17) is 14.6 Å². The van der Waals surface area contributed by atoms with Crippen molar-refractivity contribution in [1.29, 1.82) is 0 Å². The second-order valence-electron chi connectivity index (χ2n) is 5.12. The first-order valence-electron chi connectivity index (χ1n) is 6.51. The summed E-state index contributed by atoms with van der Waals surface area (Å²) in [5, 5.41) is 9.06. The molecule has 1 unspecified atom stereocenters. The number of rotatable bonds is 6. The summed E-state index contributed by atoms with van der Waals surface area (Å²) in [4.78, 5) is 11.0. The predicted octanol–water partition coefficient (Wildman–Crippen LogP) is 2.98. The third-order valence-corrected chi connectivity index (χ3v) is 3.70. The zero-order valence-corrected chi connectivity index (χ0v) is 11.6. The molecule has 0 amide bonds. The number of aryl methyl sites for hydroxylation is 1. The largest absolute Gasteiger partial charge is 0.493 e. The van der Waals surface area contributed by atoms with E-state index in [1.807, 2.05) is 19.1 Å². The molecule has 0 heterocycles. The van der Waals surface area contributed by atoms with E-state index in [9.17, 15) is 4.79 Å². The Morgan fingerprint density at radius 2 is 2.05 bits per heavy atom. The Balaban J connectivity index is 2.36. The normalized spacial score (nSPS) is 15.9. The Labute approximate surface area is 113 Å². The van der Waals surface area contributed by atoms with Gasteiger partial charge in [-0.1, -0.05) is 6.07 Å². The second-order valence-corrected chi connectivity index (χ2v) is 5.12. The number of hydrogen-bond acceptors (Lipinski definition) is 3. The number of carboxylic acids is 1. The van der Waals surface area contributed by atoms with Gasteiger partial charge in [-0.15, -0.1) is 0 Å². The Morgan fingerprint density at radius 3 is 2.53 bits per heavy atom. The van der Waals surface area contributed by atoms with Crippen LogP contribution in [0.1, 0.15) is 36.3 Å². The van der Waals surface area contributed by atoms with Gasteiger partial charge >= 0.3 is 5.97 Å². The van der Waals surface area contributed by atoms with Gasteiger partial charge in [-0.25, -0.2) is 0 Å². The zero-order chi connectivity index (χ0) is 14.0. The third kappa shape index (κ3) is 3.00. The summed E-state index contributed by atoms with van der Waals surface area (Å²) in [5.74, 6) is 1.22. The van der Waals surface area contributed by atoms with Gasteiger partial charge in [0, 0.05) is 0 Å². The monoisotopic (exact) mass is 264 g/mol. The Hall–Kier alpha value is -1.71. The van der Waals surface area contributed by atoms with Crippen molar-refractivity contribution in [2.75, 3.05) is 14.2 Å². The molecule has 1 atom stereocenters. The molecule has 0 bridgehead atoms. The van der Waals surface area contributed by atoms with E-state index in [0.29, 0.717) is 11.7 Å². The van der Waals surface area contributed by atoms with Gasteiger partial charge in [-0.05, 0) is 48.8 Å². The minimum atomic E-state index is -0.746. The number of benzene rings is 1. The van der Waals surface area contributed by atoms with Gasteiger partial charge in [0.2, 0.25) is 0 Å². The van der Waals surface area contributed by atoms with Crippen LogP contribution in [0.2, 0.25) is 0 Å². The van der Waals surface area contributed by atoms with Crippen LogP contribution in [-0.2, 0) is 4.79 Å². The van der Waals surface area contributed by atoms with E-state index in [1.54, 1.807) is 14.2 Å². The number of aliphatic carboxylic acids is 1. The lowest BCUT2D eigenvalue weighted by Crippen LogP contribution is -2.09. The standard InChI is InChI=1S/C15H20O4/c1-9-6-11(7-13(18-2)15(9)19-3)12(8-14(16)17)10-4-5-10/h6-7,10,12H,4-5,8H2,1-3H3,(H,16,17). The Kier molecular flexibility index (Phi) is 3.98. The molecule has 1 aliphatic rings. The molecule has 104 valence electrons. The highest BCUT2D eigenvalue weighted by molar-refractivity contribution is 5.68. The lowest BCUT2D eigenvalue weighted by atomic mass is 9.89. The SMILES string of the molecule is COc1cc(C(CC(=O)O)C2CC2)cc(C)c1OC. The van der Waals surface area contributed by atoms with Crippen molar-refractivity contribution in [1.82, 2.24) is 0 Å². The molecule has 1 aromatic carbocycles. The number of hydrogen-bond donors (Lipinski definition) is 1. The lowest BCUT2D eigenvalue weighted by molar-refractivity contribution is -0.137. The maximum Gasteiger partial charge on any atom is 0.303 e. The number of carbonyl (C=O) groups is 1. The van der Waals surface area contributed by atoms with E-state index >= 15 is 0 Å². The van der Waals surface area contributed by atoms with Crippen LogP contribution in [0.3, 0.4) is 0 Å². The van der Waals surface area contributed by atoms with Crippen molar-refractivity contribution in [2.24, 2.45) is 5.92 Å². The fourth-order valence-corrected chi connectivity index (χ4v) is 2.64. The predicted molar refractivity (Wildman–Crippen MR) is 72.0 cm³/mol. The van der Waals surface area contributed by atoms with Crippen LogP contribution in [0, 0.1) is 12.8 Å². The molecule has 0 radical (unpaired) electrons. The molecule has 1 fully saturated rings. The van der Waals surface area contributed by atoms with Crippen molar-refractivity contribution >= 4 is 5.97 Å². The second kappa shape index (κ2) is 5.51. The van der Waals surface area contributed by atoms with Crippen LogP contribution in [0.4, 0.5) is 0 Å². The molecule has 19 heavy (non-hydrogen) atoms. The van der Waals surface area contributed by atoms with Gasteiger partial charge in [-0.3, -0.25) is 4.79 Å². The Morgan fingerprint density at radius 1 is 1.37 bits per heavy atom. The van der Waals surface area contributed by atoms with Crippen molar-refractivity contribution < 1.29 is 19.4 Å². The van der Waals surface area contributed by atoms with Crippen LogP contribution in [0.25, 0.3) is 0 Å². The first-order chi connectivity index (χ1) is 9.06. The van der Waals surface area contributed by atoms with Crippen molar-refractivity contribution in [2.45, 2.75) is 32.1 Å². The van der Waals surface area contributed by atoms with Crippen LogP contribution in [-0.4, -0.2) is 25.3 Å². The summed E-state index contributed by atoms with van der Waals surface area (Å²) in [5.41, 5.74) is 2.02. The fourth-order valence-electron chi connectivity index (χ4n) is 2.64. The molecule has 1 N–H and O–H groups in total. The van der Waals surface area contributed by atoms with E-state index in [-0.39, 0.29) is 12.3 Å². The number of methoxy groups -OCH3 is 2. The maximum absolute atomic E-state index is 11.0. The molecule has 0 saturated heterocycles. The molecule has 0 aromatic heterocycles. The molecule has 4 heteroatoms. The van der Waals surface area contributed by atoms with Crippen LogP contribution in [0.5, 0.6) is 11.5 Å². The highest BCUT2D eigenvalue weighted by atomic mass is 16.5. The van der Waals surface area contributed by atoms with E-state index in [0.717, 1.165) is 29.7 Å². The average Bonchev–Trinajstić information content (AvgIpc) is 3.18. The highest BCUT2D eigenvalue weighted by Crippen LogP contribution is 2.46. The molecule has 1 aromatic rings. The fraction of sp³-hybridized carbons (Fsp3) is 0.533. The molecule has 4 nitrogen and oxygen atoms in total. The van der Waals surface area contributed by atoms with E-state index < -0.39 is 5.97 Å². The maximum atomic E-state index is 11.0. The third-order valence-electron chi connectivity index (χ3n) is 3.70. The summed E-state index contributed by atoms with van der Waals surface area (Å²) in [7, 11) is 3.21. The highest BCUT2D eigenvalue weighted by Gasteiger charge is 2.34. The summed E-state index contributed by atoms with van der Waals surface area (Å²) in [6, 6.07) is 3.94. The van der Waals surface area contributed by atoms with Crippen LogP contribution < -0.4 is 9.47 Å². The van der Waals surface area contributed by atoms with Gasteiger partial charge in [0.05, 0.1) is 20.6 Å². The topological polar surface area (TPSA) is 55.8 Å². The van der Waals surface area contributed by atoms with Crippen LogP contribution >= 0.6 is 0 Å². The summed E-state index contributed by atoms with van der Waals surface area (Å²) in [6.07, 6.45) is 2.41. The van der Waals surface area contributed by atoms with Crippen molar-refractivity contribution in [3.63, 3.8) is 0 Å². The molecular formula is C15H20O4. The molecule has 1 aliphatic carbocycles. The van der Waals surface area contributed by atoms with Gasteiger partial charge in [-0.2, -0.15) is 0 Å². The average molecular weight is 264 g/mol. The molecular weight excluding hydrogens is 244 g/mol. The van der Waals surface area contributed by atoms with Gasteiger partial charge in [0.1, 0.15) is 0 Å². The van der Waals surface area contributed by atoms with Crippen LogP contribution in [0.15, 0.2) is 12.1 Å². The van der Waals surface area contributed by atoms with Gasteiger partial charge in [0.25, 0.3) is 0 Å². The Bertz CT molecular complexity index is 477. The molecule has 0 spiro atoms.